The monoisotopic (exact) mass is 1010 g/mol. The van der Waals surface area contributed by atoms with Gasteiger partial charge in [-0.05, 0) is 57.8 Å². The van der Waals surface area contributed by atoms with E-state index in [1.807, 2.05) is 6.08 Å². The Labute approximate surface area is 450 Å². The Morgan fingerprint density at radius 1 is 0.375 bits per heavy atom. The van der Waals surface area contributed by atoms with Crippen LogP contribution in [0, 0.1) is 0 Å². The minimum atomic E-state index is -0.851. The number of hydrogen-bond acceptors (Lipinski definition) is 5. The van der Waals surface area contributed by atoms with E-state index >= 15 is 0 Å². The standard InChI is InChI=1S/C66H127NO5/c1-3-5-7-9-11-13-15-17-19-20-21-22-25-28-31-34-38-42-46-50-54-58-64(69)63(62-68)67-65(70)59-55-51-47-43-39-35-32-29-26-23-24-27-30-33-37-41-45-49-53-57-61-72-66(71)60-56-52-48-44-40-36-18-16-14-12-10-8-6-4-2/h23,26,54,58,63-64,68-69H,3-22,24-25,27-53,55-57,59-62H2,1-2H3,(H,67,70)/b26-23-,58-54+. The van der Waals surface area contributed by atoms with Gasteiger partial charge in [0, 0.05) is 12.8 Å². The summed E-state index contributed by atoms with van der Waals surface area (Å²) in [4.78, 5) is 24.6. The molecule has 0 aromatic heterocycles. The number of aliphatic hydroxyl groups excluding tert-OH is 2. The fourth-order valence-corrected chi connectivity index (χ4v) is 10.2. The third-order valence-electron chi connectivity index (χ3n) is 15.2. The molecule has 0 aromatic rings. The second kappa shape index (κ2) is 61.9. The van der Waals surface area contributed by atoms with Gasteiger partial charge in [-0.1, -0.05) is 314 Å². The maximum atomic E-state index is 12.5. The first-order valence-corrected chi connectivity index (χ1v) is 32.6. The molecule has 0 aliphatic carbocycles. The van der Waals surface area contributed by atoms with Crippen molar-refractivity contribution in [3.8, 4) is 0 Å². The molecule has 426 valence electrons. The third kappa shape index (κ3) is 57.6. The minimum absolute atomic E-state index is 0.00842. The van der Waals surface area contributed by atoms with Crippen LogP contribution in [0.1, 0.15) is 361 Å². The van der Waals surface area contributed by atoms with Crippen LogP contribution in [0.2, 0.25) is 0 Å². The van der Waals surface area contributed by atoms with Gasteiger partial charge in [-0.15, -0.1) is 0 Å². The molecule has 6 nitrogen and oxygen atoms in total. The van der Waals surface area contributed by atoms with Gasteiger partial charge in [0.2, 0.25) is 5.91 Å². The van der Waals surface area contributed by atoms with Crippen LogP contribution in [0.3, 0.4) is 0 Å². The molecule has 0 fully saturated rings. The first-order chi connectivity index (χ1) is 35.5. The number of nitrogens with one attached hydrogen (secondary N) is 1. The van der Waals surface area contributed by atoms with E-state index in [2.05, 4.69) is 31.3 Å². The number of carbonyl (C=O) groups excluding carboxylic acids is 2. The summed E-state index contributed by atoms with van der Waals surface area (Å²) in [6, 6.07) is -0.635. The second-order valence-electron chi connectivity index (χ2n) is 22.5. The van der Waals surface area contributed by atoms with E-state index in [4.69, 9.17) is 4.74 Å². The SMILES string of the molecule is CCCCCCCCCCCCCCCCCCCCC/C=C/C(O)C(CO)NC(=O)CCCCCCCCC/C=C\CCCCCCCCCCCOC(=O)CCCCCCCCCCCCCCCC. The highest BCUT2D eigenvalue weighted by Gasteiger charge is 2.18. The molecule has 0 saturated carbocycles. The van der Waals surface area contributed by atoms with Gasteiger partial charge in [-0.25, -0.2) is 0 Å². The van der Waals surface area contributed by atoms with Crippen LogP contribution < -0.4 is 5.32 Å². The number of aliphatic hydroxyl groups is 2. The van der Waals surface area contributed by atoms with E-state index in [-0.39, 0.29) is 18.5 Å². The molecule has 6 heteroatoms. The summed E-state index contributed by atoms with van der Waals surface area (Å²) in [5.41, 5.74) is 0. The van der Waals surface area contributed by atoms with Crippen LogP contribution in [0.4, 0.5) is 0 Å². The lowest BCUT2D eigenvalue weighted by Crippen LogP contribution is -2.45. The van der Waals surface area contributed by atoms with Gasteiger partial charge in [-0.2, -0.15) is 0 Å². The fourth-order valence-electron chi connectivity index (χ4n) is 10.2. The Morgan fingerprint density at radius 3 is 0.986 bits per heavy atom. The first kappa shape index (κ1) is 70.3. The second-order valence-corrected chi connectivity index (χ2v) is 22.5. The molecule has 72 heavy (non-hydrogen) atoms. The zero-order valence-corrected chi connectivity index (χ0v) is 48.7. The lowest BCUT2D eigenvalue weighted by Gasteiger charge is -2.20. The van der Waals surface area contributed by atoms with Crippen LogP contribution in [-0.2, 0) is 14.3 Å². The number of rotatable bonds is 61. The molecule has 2 atom stereocenters. The summed E-state index contributed by atoms with van der Waals surface area (Å²) in [5, 5.41) is 23.2. The van der Waals surface area contributed by atoms with Gasteiger partial charge >= 0.3 is 5.97 Å². The molecule has 0 heterocycles. The largest absolute Gasteiger partial charge is 0.466 e. The van der Waals surface area contributed by atoms with Crippen molar-refractivity contribution >= 4 is 11.9 Å². The van der Waals surface area contributed by atoms with Crippen LogP contribution in [-0.4, -0.2) is 47.4 Å². The van der Waals surface area contributed by atoms with Crippen molar-refractivity contribution in [1.82, 2.24) is 5.32 Å². The van der Waals surface area contributed by atoms with Crippen LogP contribution in [0.5, 0.6) is 0 Å². The predicted molar refractivity (Wildman–Crippen MR) is 315 cm³/mol. The third-order valence-corrected chi connectivity index (χ3v) is 15.2. The Bertz CT molecular complexity index is 1120. The van der Waals surface area contributed by atoms with E-state index in [0.29, 0.717) is 19.4 Å². The number of ether oxygens (including phenoxy) is 1. The van der Waals surface area contributed by atoms with Crippen molar-refractivity contribution in [3.05, 3.63) is 24.3 Å². The van der Waals surface area contributed by atoms with E-state index < -0.39 is 12.1 Å². The van der Waals surface area contributed by atoms with Gasteiger partial charge in [0.25, 0.3) is 0 Å². The van der Waals surface area contributed by atoms with Gasteiger partial charge in [0.05, 0.1) is 25.4 Å². The molecule has 0 radical (unpaired) electrons. The summed E-state index contributed by atoms with van der Waals surface area (Å²) in [7, 11) is 0. The molecular weight excluding hydrogens is 887 g/mol. The highest BCUT2D eigenvalue weighted by molar-refractivity contribution is 5.76. The zero-order valence-electron chi connectivity index (χ0n) is 48.7. The predicted octanol–water partition coefficient (Wildman–Crippen LogP) is 20.6. The lowest BCUT2D eigenvalue weighted by molar-refractivity contribution is -0.143. The molecule has 2 unspecified atom stereocenters. The maximum Gasteiger partial charge on any atom is 0.305 e. The van der Waals surface area contributed by atoms with Crippen molar-refractivity contribution in [3.63, 3.8) is 0 Å². The van der Waals surface area contributed by atoms with Crippen molar-refractivity contribution < 1.29 is 24.5 Å². The average Bonchev–Trinajstić information content (AvgIpc) is 3.38. The summed E-state index contributed by atoms with van der Waals surface area (Å²) in [6.07, 6.45) is 76.5. The van der Waals surface area contributed by atoms with Gasteiger partial charge in [0.1, 0.15) is 0 Å². The molecule has 0 spiro atoms. The molecule has 1 amide bonds. The number of unbranched alkanes of at least 4 members (excludes halogenated alkanes) is 48. The van der Waals surface area contributed by atoms with E-state index in [0.717, 1.165) is 44.9 Å². The molecule has 3 N–H and O–H groups in total. The maximum absolute atomic E-state index is 12.5. The topological polar surface area (TPSA) is 95.9 Å². The molecule has 0 bridgehead atoms. The quantitative estimate of drug-likeness (QED) is 0.0320. The van der Waals surface area contributed by atoms with E-state index in [1.54, 1.807) is 6.08 Å². The Kier molecular flexibility index (Phi) is 60.5. The Hall–Kier alpha value is -1.66. The number of allylic oxidation sites excluding steroid dienone is 3. The molecule has 0 rings (SSSR count). The van der Waals surface area contributed by atoms with Crippen LogP contribution in [0.25, 0.3) is 0 Å². The van der Waals surface area contributed by atoms with Gasteiger partial charge in [-0.3, -0.25) is 9.59 Å². The highest BCUT2D eigenvalue weighted by Crippen LogP contribution is 2.18. The Morgan fingerprint density at radius 2 is 0.653 bits per heavy atom. The minimum Gasteiger partial charge on any atom is -0.466 e. The molecular formula is C66H127NO5. The van der Waals surface area contributed by atoms with Crippen molar-refractivity contribution in [1.29, 1.82) is 0 Å². The van der Waals surface area contributed by atoms with Gasteiger partial charge in [0.15, 0.2) is 0 Å². The van der Waals surface area contributed by atoms with Gasteiger partial charge < -0.3 is 20.3 Å². The highest BCUT2D eigenvalue weighted by atomic mass is 16.5. The molecule has 0 aliphatic heterocycles. The smallest absolute Gasteiger partial charge is 0.305 e. The fraction of sp³-hybridized carbons (Fsp3) is 0.909. The number of carbonyl (C=O) groups is 2. The summed E-state index contributed by atoms with van der Waals surface area (Å²) < 4.78 is 5.48. The molecule has 0 saturated heterocycles. The number of esters is 1. The molecule has 0 aromatic carbocycles. The van der Waals surface area contributed by atoms with Crippen molar-refractivity contribution in [2.45, 2.75) is 373 Å². The Balaban J connectivity index is 3.45. The average molecular weight is 1010 g/mol. The summed E-state index contributed by atoms with van der Waals surface area (Å²) in [6.45, 7) is 4.93. The van der Waals surface area contributed by atoms with E-state index in [9.17, 15) is 19.8 Å². The van der Waals surface area contributed by atoms with Crippen molar-refractivity contribution in [2.75, 3.05) is 13.2 Å². The van der Waals surface area contributed by atoms with Crippen LogP contribution in [0.15, 0.2) is 24.3 Å². The normalized spacial score (nSPS) is 12.7. The first-order valence-electron chi connectivity index (χ1n) is 32.6. The lowest BCUT2D eigenvalue weighted by atomic mass is 10.0. The van der Waals surface area contributed by atoms with E-state index in [1.165, 1.54) is 289 Å². The number of amides is 1. The number of hydrogen-bond donors (Lipinski definition) is 3. The summed E-state index contributed by atoms with van der Waals surface area (Å²) >= 11 is 0. The van der Waals surface area contributed by atoms with Crippen molar-refractivity contribution in [2.24, 2.45) is 0 Å². The molecule has 0 aliphatic rings. The van der Waals surface area contributed by atoms with Crippen LogP contribution >= 0.6 is 0 Å². The summed E-state index contributed by atoms with van der Waals surface area (Å²) in [5.74, 6) is -0.0648. The zero-order chi connectivity index (χ0) is 52.2.